The fourth-order valence-electron chi connectivity index (χ4n) is 3.09. The molecule has 1 aliphatic rings. The van der Waals surface area contributed by atoms with Gasteiger partial charge < -0.3 is 14.9 Å². The summed E-state index contributed by atoms with van der Waals surface area (Å²) in [6.07, 6.45) is -1.22. The Morgan fingerprint density at radius 3 is 2.53 bits per heavy atom. The van der Waals surface area contributed by atoms with E-state index in [1.165, 1.54) is 30.3 Å². The second-order valence-corrected chi connectivity index (χ2v) is 9.49. The fourth-order valence-corrected chi connectivity index (χ4v) is 5.07. The molecule has 1 aliphatic heterocycles. The number of β-amino-alcohol motifs (C(OH)–C–C–N with tert-alkyl or cyclic N) is 1. The van der Waals surface area contributed by atoms with Crippen molar-refractivity contribution in [1.82, 2.24) is 4.31 Å². The third-order valence-corrected chi connectivity index (χ3v) is 7.08. The van der Waals surface area contributed by atoms with Gasteiger partial charge in [-0.05, 0) is 30.3 Å². The van der Waals surface area contributed by atoms with Gasteiger partial charge in [0, 0.05) is 17.1 Å². The molecule has 1 fully saturated rings. The number of halogens is 2. The van der Waals surface area contributed by atoms with E-state index in [-0.39, 0.29) is 28.3 Å². The van der Waals surface area contributed by atoms with Crippen molar-refractivity contribution in [2.45, 2.75) is 16.6 Å². The predicted octanol–water partition coefficient (Wildman–Crippen LogP) is 1.51. The third kappa shape index (κ3) is 4.03. The number of benzene rings is 2. The summed E-state index contributed by atoms with van der Waals surface area (Å²) in [7, 11) is -4.20. The molecule has 1 saturated heterocycles. The summed E-state index contributed by atoms with van der Waals surface area (Å²) < 4.78 is 47.0. The molecule has 2 aromatic rings. The molecule has 0 spiro atoms. The highest BCUT2D eigenvalue weighted by Crippen LogP contribution is 2.32. The van der Waals surface area contributed by atoms with Crippen molar-refractivity contribution in [3.05, 3.63) is 57.8 Å². The van der Waals surface area contributed by atoms with Gasteiger partial charge in [-0.1, -0.05) is 15.9 Å². The molecule has 0 bridgehead atoms. The van der Waals surface area contributed by atoms with Crippen molar-refractivity contribution in [3.8, 4) is 17.9 Å². The van der Waals surface area contributed by atoms with Crippen LogP contribution in [0, 0.1) is 28.5 Å². The van der Waals surface area contributed by atoms with Gasteiger partial charge in [0.25, 0.3) is 0 Å². The fraction of sp³-hybridized carbons (Fsp3) is 0.263. The number of aliphatic hydroxyl groups excluding tert-OH is 1. The van der Waals surface area contributed by atoms with Crippen LogP contribution in [0.3, 0.4) is 0 Å². The summed E-state index contributed by atoms with van der Waals surface area (Å²) in [6, 6.07) is 11.0. The minimum Gasteiger partial charge on any atom is -0.486 e. The first-order chi connectivity index (χ1) is 14.1. The van der Waals surface area contributed by atoms with E-state index < -0.39 is 40.7 Å². The Labute approximate surface area is 180 Å². The van der Waals surface area contributed by atoms with E-state index in [1.54, 1.807) is 6.07 Å². The van der Waals surface area contributed by atoms with Crippen LogP contribution >= 0.6 is 15.9 Å². The standard InChI is InChI=1S/C19H15BrFN3O5S/c20-14-2-4-17(13(5-14)8-23)30(27,28)24-9-18(19(26,10-24)11-25)29-15-3-1-12(7-22)16(21)6-15/h1-6,18,25-26H,9-11H2/t18-,19-/m0/s1. The molecular weight excluding hydrogens is 481 g/mol. The van der Waals surface area contributed by atoms with E-state index in [1.807, 2.05) is 6.07 Å². The average molecular weight is 496 g/mol. The molecule has 30 heavy (non-hydrogen) atoms. The Morgan fingerprint density at radius 1 is 1.23 bits per heavy atom. The zero-order chi connectivity index (χ0) is 22.1. The van der Waals surface area contributed by atoms with E-state index in [9.17, 15) is 28.3 Å². The van der Waals surface area contributed by atoms with Crippen molar-refractivity contribution in [1.29, 1.82) is 10.5 Å². The molecule has 0 radical (unpaired) electrons. The molecular formula is C19H15BrFN3O5S. The second-order valence-electron chi connectivity index (χ2n) is 6.67. The molecule has 3 rings (SSSR count). The summed E-state index contributed by atoms with van der Waals surface area (Å²) >= 11 is 3.18. The number of rotatable bonds is 5. The van der Waals surface area contributed by atoms with Gasteiger partial charge >= 0.3 is 0 Å². The molecule has 0 aromatic heterocycles. The minimum absolute atomic E-state index is 0.0380. The zero-order valence-electron chi connectivity index (χ0n) is 15.3. The SMILES string of the molecule is N#Cc1ccc(O[C@H]2CN(S(=O)(=O)c3ccc(Br)cc3C#N)C[C@]2(O)CO)cc1F. The van der Waals surface area contributed by atoms with E-state index >= 15 is 0 Å². The Hall–Kier alpha value is -2.54. The molecule has 0 unspecified atom stereocenters. The van der Waals surface area contributed by atoms with Crippen LogP contribution in [0.25, 0.3) is 0 Å². The highest BCUT2D eigenvalue weighted by Gasteiger charge is 2.51. The maximum absolute atomic E-state index is 13.8. The number of ether oxygens (including phenoxy) is 1. The lowest BCUT2D eigenvalue weighted by molar-refractivity contribution is -0.0641. The summed E-state index contributed by atoms with van der Waals surface area (Å²) in [5.41, 5.74) is -2.25. The zero-order valence-corrected chi connectivity index (χ0v) is 17.7. The maximum atomic E-state index is 13.8. The number of hydrogen-bond donors (Lipinski definition) is 2. The molecule has 8 nitrogen and oxygen atoms in total. The van der Waals surface area contributed by atoms with Gasteiger partial charge in [-0.2, -0.15) is 14.8 Å². The molecule has 2 N–H and O–H groups in total. The number of nitrogens with zero attached hydrogens (tertiary/aromatic N) is 3. The lowest BCUT2D eigenvalue weighted by Gasteiger charge is -2.27. The Balaban J connectivity index is 1.92. The molecule has 0 aliphatic carbocycles. The number of aliphatic hydroxyl groups is 2. The van der Waals surface area contributed by atoms with Crippen molar-refractivity contribution < 1.29 is 27.8 Å². The van der Waals surface area contributed by atoms with Crippen LogP contribution in [-0.2, 0) is 10.0 Å². The van der Waals surface area contributed by atoms with Crippen LogP contribution in [0.4, 0.5) is 4.39 Å². The van der Waals surface area contributed by atoms with E-state index in [2.05, 4.69) is 15.9 Å². The first-order valence-electron chi connectivity index (χ1n) is 8.54. The normalized spacial score (nSPS) is 21.7. The van der Waals surface area contributed by atoms with Gasteiger partial charge in [-0.15, -0.1) is 0 Å². The first kappa shape index (κ1) is 22.2. The van der Waals surface area contributed by atoms with Crippen LogP contribution in [-0.4, -0.2) is 54.3 Å². The molecule has 1 heterocycles. The highest BCUT2D eigenvalue weighted by molar-refractivity contribution is 9.10. The summed E-state index contributed by atoms with van der Waals surface area (Å²) in [4.78, 5) is -0.251. The van der Waals surface area contributed by atoms with Crippen LogP contribution in [0.2, 0.25) is 0 Å². The van der Waals surface area contributed by atoms with Crippen molar-refractivity contribution in [2.24, 2.45) is 0 Å². The largest absolute Gasteiger partial charge is 0.486 e. The van der Waals surface area contributed by atoms with Gasteiger partial charge in [0.2, 0.25) is 10.0 Å². The number of nitriles is 2. The summed E-state index contributed by atoms with van der Waals surface area (Å²) in [5, 5.41) is 38.5. The van der Waals surface area contributed by atoms with E-state index in [0.717, 1.165) is 10.4 Å². The predicted molar refractivity (Wildman–Crippen MR) is 105 cm³/mol. The Kier molecular flexibility index (Phi) is 6.13. The second kappa shape index (κ2) is 8.30. The molecule has 0 saturated carbocycles. The molecule has 2 atom stereocenters. The van der Waals surface area contributed by atoms with Crippen LogP contribution in [0.5, 0.6) is 5.75 Å². The third-order valence-electron chi connectivity index (χ3n) is 4.71. The number of hydrogen-bond acceptors (Lipinski definition) is 7. The van der Waals surface area contributed by atoms with Gasteiger partial charge in [0.1, 0.15) is 40.3 Å². The smallest absolute Gasteiger partial charge is 0.244 e. The lowest BCUT2D eigenvalue weighted by atomic mass is 10.0. The van der Waals surface area contributed by atoms with Crippen molar-refractivity contribution in [3.63, 3.8) is 0 Å². The Bertz CT molecular complexity index is 1180. The van der Waals surface area contributed by atoms with Crippen LogP contribution < -0.4 is 4.74 Å². The van der Waals surface area contributed by atoms with E-state index in [4.69, 9.17) is 10.00 Å². The molecule has 0 amide bonds. The van der Waals surface area contributed by atoms with Crippen molar-refractivity contribution >= 4 is 26.0 Å². The quantitative estimate of drug-likeness (QED) is 0.641. The van der Waals surface area contributed by atoms with Crippen LogP contribution in [0.15, 0.2) is 45.8 Å². The molecule has 156 valence electrons. The topological polar surface area (TPSA) is 135 Å². The monoisotopic (exact) mass is 495 g/mol. The maximum Gasteiger partial charge on any atom is 0.244 e. The first-order valence-corrected chi connectivity index (χ1v) is 10.8. The number of sulfonamides is 1. The van der Waals surface area contributed by atoms with Gasteiger partial charge in [0.15, 0.2) is 0 Å². The van der Waals surface area contributed by atoms with Gasteiger partial charge in [-0.25, -0.2) is 12.8 Å². The molecule has 2 aromatic carbocycles. The summed E-state index contributed by atoms with van der Waals surface area (Å²) in [6.45, 7) is -1.65. The van der Waals surface area contributed by atoms with Gasteiger partial charge in [0.05, 0.1) is 24.3 Å². The van der Waals surface area contributed by atoms with Crippen LogP contribution in [0.1, 0.15) is 11.1 Å². The lowest BCUT2D eigenvalue weighted by Crippen LogP contribution is -2.48. The van der Waals surface area contributed by atoms with Crippen molar-refractivity contribution in [2.75, 3.05) is 19.7 Å². The minimum atomic E-state index is -4.20. The van der Waals surface area contributed by atoms with E-state index in [0.29, 0.717) is 4.47 Å². The Morgan fingerprint density at radius 2 is 1.93 bits per heavy atom. The average Bonchev–Trinajstić information content (AvgIpc) is 3.05. The summed E-state index contributed by atoms with van der Waals surface area (Å²) in [5.74, 6) is -0.873. The highest BCUT2D eigenvalue weighted by atomic mass is 79.9. The molecule has 11 heteroatoms. The van der Waals surface area contributed by atoms with Gasteiger partial charge in [-0.3, -0.25) is 0 Å².